The quantitative estimate of drug-likeness (QED) is 0.0288. The van der Waals surface area contributed by atoms with Crippen molar-refractivity contribution in [1.29, 1.82) is 0 Å². The van der Waals surface area contributed by atoms with Gasteiger partial charge in [-0.05, 0) is 38.5 Å². The molecule has 6 unspecified atom stereocenters. The van der Waals surface area contributed by atoms with Crippen molar-refractivity contribution in [2.75, 3.05) is 19.0 Å². The van der Waals surface area contributed by atoms with E-state index in [-0.39, 0.29) is 19.4 Å². The van der Waals surface area contributed by atoms with E-state index in [9.17, 15) is 37.9 Å². The van der Waals surface area contributed by atoms with Crippen LogP contribution in [0.4, 0.5) is 0 Å². The zero-order valence-corrected chi connectivity index (χ0v) is 31.3. The molecule has 0 aromatic rings. The summed E-state index contributed by atoms with van der Waals surface area (Å²) in [5, 5.41) is 30.7. The summed E-state index contributed by atoms with van der Waals surface area (Å²) >= 11 is 0. The van der Waals surface area contributed by atoms with Gasteiger partial charge in [0.25, 0.3) is 10.1 Å². The molecule has 13 heteroatoms. The number of aliphatic hydroxyl groups excluding tert-OH is 3. The zero-order valence-electron chi connectivity index (χ0n) is 30.5. The second-order valence-corrected chi connectivity index (χ2v) is 14.7. The Morgan fingerprint density at radius 2 is 1.24 bits per heavy atom. The molecule has 0 aromatic heterocycles. The first kappa shape index (κ1) is 46.2. The summed E-state index contributed by atoms with van der Waals surface area (Å²) < 4.78 is 53.7. The molecular formula is C37H66O12S. The van der Waals surface area contributed by atoms with Gasteiger partial charge in [0.2, 0.25) is 0 Å². The Hall–Kier alpha value is -1.87. The Kier molecular flexibility index (Phi) is 26.5. The van der Waals surface area contributed by atoms with Crippen LogP contribution in [0.5, 0.6) is 0 Å². The predicted octanol–water partition coefficient (Wildman–Crippen LogP) is 6.11. The summed E-state index contributed by atoms with van der Waals surface area (Å²) in [6, 6.07) is 0. The van der Waals surface area contributed by atoms with Gasteiger partial charge < -0.3 is 34.3 Å². The van der Waals surface area contributed by atoms with Crippen LogP contribution in [-0.4, -0.2) is 96.0 Å². The van der Waals surface area contributed by atoms with E-state index in [4.69, 9.17) is 18.9 Å². The van der Waals surface area contributed by atoms with E-state index < -0.39 is 71.2 Å². The fourth-order valence-corrected chi connectivity index (χ4v) is 6.23. The van der Waals surface area contributed by atoms with E-state index in [0.29, 0.717) is 12.8 Å². The van der Waals surface area contributed by atoms with Crippen molar-refractivity contribution < 1.29 is 56.8 Å². The van der Waals surface area contributed by atoms with Crippen LogP contribution >= 0.6 is 0 Å². The molecule has 1 aliphatic rings. The first-order valence-electron chi connectivity index (χ1n) is 18.9. The van der Waals surface area contributed by atoms with Crippen molar-refractivity contribution in [1.82, 2.24) is 0 Å². The molecule has 1 heterocycles. The first-order chi connectivity index (χ1) is 24.0. The van der Waals surface area contributed by atoms with E-state index in [1.807, 2.05) is 0 Å². The lowest BCUT2D eigenvalue weighted by Crippen LogP contribution is -2.60. The SMILES string of the molecule is CCC/C=C\C/C=C\CCCCCCCC(=O)OC(COC(=O)CCCCCCCCCCC)COC1OC(CS(=O)(=O)O)C(O)C(O)C1O. The number of hydrogen-bond donors (Lipinski definition) is 4. The molecule has 0 bridgehead atoms. The molecule has 0 aliphatic carbocycles. The number of allylic oxidation sites excluding steroid dienone is 4. The number of rotatable bonds is 30. The Labute approximate surface area is 300 Å². The van der Waals surface area contributed by atoms with Gasteiger partial charge in [0.1, 0.15) is 36.8 Å². The third-order valence-electron chi connectivity index (χ3n) is 8.52. The summed E-state index contributed by atoms with van der Waals surface area (Å²) in [6.07, 6.45) is 18.2. The topological polar surface area (TPSA) is 186 Å². The van der Waals surface area contributed by atoms with Gasteiger partial charge in [0, 0.05) is 12.8 Å². The third kappa shape index (κ3) is 23.6. The van der Waals surface area contributed by atoms with Crippen LogP contribution in [0, 0.1) is 0 Å². The Morgan fingerprint density at radius 3 is 1.84 bits per heavy atom. The molecule has 1 saturated heterocycles. The maximum Gasteiger partial charge on any atom is 0.306 e. The summed E-state index contributed by atoms with van der Waals surface area (Å²) in [4.78, 5) is 25.1. The van der Waals surface area contributed by atoms with Crippen LogP contribution in [0.2, 0.25) is 0 Å². The third-order valence-corrected chi connectivity index (χ3v) is 9.26. The smallest absolute Gasteiger partial charge is 0.306 e. The molecule has 1 aliphatic heterocycles. The number of esters is 2. The summed E-state index contributed by atoms with van der Waals surface area (Å²) in [5.74, 6) is -2.00. The van der Waals surface area contributed by atoms with Crippen LogP contribution < -0.4 is 0 Å². The Morgan fingerprint density at radius 1 is 0.680 bits per heavy atom. The van der Waals surface area contributed by atoms with Crippen molar-refractivity contribution in [2.24, 2.45) is 0 Å². The molecule has 292 valence electrons. The second-order valence-electron chi connectivity index (χ2n) is 13.2. The Balaban J connectivity index is 2.55. The number of carbonyl (C=O) groups excluding carboxylic acids is 2. The number of unbranched alkanes of at least 4 members (excludes halogenated alkanes) is 14. The molecular weight excluding hydrogens is 668 g/mol. The molecule has 1 rings (SSSR count). The predicted molar refractivity (Wildman–Crippen MR) is 192 cm³/mol. The molecule has 1 fully saturated rings. The largest absolute Gasteiger partial charge is 0.462 e. The summed E-state index contributed by atoms with van der Waals surface area (Å²) in [6.45, 7) is 3.62. The van der Waals surface area contributed by atoms with Crippen molar-refractivity contribution in [2.45, 2.75) is 179 Å². The van der Waals surface area contributed by atoms with Crippen LogP contribution in [0.3, 0.4) is 0 Å². The van der Waals surface area contributed by atoms with E-state index in [0.717, 1.165) is 70.6 Å². The van der Waals surface area contributed by atoms with Crippen molar-refractivity contribution in [3.05, 3.63) is 24.3 Å². The van der Waals surface area contributed by atoms with Crippen LogP contribution in [0.1, 0.15) is 142 Å². The lowest BCUT2D eigenvalue weighted by Gasteiger charge is -2.40. The highest BCUT2D eigenvalue weighted by molar-refractivity contribution is 7.85. The van der Waals surface area contributed by atoms with Gasteiger partial charge in [-0.3, -0.25) is 14.1 Å². The fourth-order valence-electron chi connectivity index (χ4n) is 5.54. The highest BCUT2D eigenvalue weighted by Gasteiger charge is 2.46. The van der Waals surface area contributed by atoms with Crippen molar-refractivity contribution in [3.63, 3.8) is 0 Å². The zero-order chi connectivity index (χ0) is 37.0. The van der Waals surface area contributed by atoms with Crippen LogP contribution in [-0.2, 0) is 38.7 Å². The minimum absolute atomic E-state index is 0.150. The van der Waals surface area contributed by atoms with Crippen molar-refractivity contribution in [3.8, 4) is 0 Å². The molecule has 0 radical (unpaired) electrons. The highest BCUT2D eigenvalue weighted by Crippen LogP contribution is 2.24. The molecule has 50 heavy (non-hydrogen) atoms. The normalized spacial score (nSPS) is 21.9. The standard InChI is InChI=1S/C37H66O12S/c1-3-5-7-9-11-13-14-15-16-18-20-22-24-26-33(39)48-30(27-46-32(38)25-23-21-19-17-12-10-8-6-4-2)28-47-37-36(42)35(41)34(40)31(49-37)29-50(43,44)45/h7,9,13-14,30-31,34-37,40-42H,3-6,8,10-12,15-29H2,1-2H3,(H,43,44,45)/b9-7-,14-13-. The average molecular weight is 735 g/mol. The van der Waals surface area contributed by atoms with E-state index in [1.54, 1.807) is 0 Å². The van der Waals surface area contributed by atoms with E-state index in [1.165, 1.54) is 32.1 Å². The lowest BCUT2D eigenvalue weighted by molar-refractivity contribution is -0.297. The maximum atomic E-state index is 12.7. The maximum absolute atomic E-state index is 12.7. The first-order valence-corrected chi connectivity index (χ1v) is 20.5. The van der Waals surface area contributed by atoms with Gasteiger partial charge in [-0.2, -0.15) is 8.42 Å². The molecule has 0 amide bonds. The highest BCUT2D eigenvalue weighted by atomic mass is 32.2. The summed E-state index contributed by atoms with van der Waals surface area (Å²) in [7, 11) is -4.59. The van der Waals surface area contributed by atoms with Crippen LogP contribution in [0.25, 0.3) is 0 Å². The molecule has 0 aromatic carbocycles. The summed E-state index contributed by atoms with van der Waals surface area (Å²) in [5.41, 5.74) is 0. The average Bonchev–Trinajstić information content (AvgIpc) is 3.07. The molecule has 0 saturated carbocycles. The van der Waals surface area contributed by atoms with Crippen LogP contribution in [0.15, 0.2) is 24.3 Å². The number of ether oxygens (including phenoxy) is 4. The van der Waals surface area contributed by atoms with Gasteiger partial charge in [-0.25, -0.2) is 0 Å². The molecule has 0 spiro atoms. The lowest BCUT2D eigenvalue weighted by atomic mass is 10.00. The molecule has 6 atom stereocenters. The van der Waals surface area contributed by atoms with Gasteiger partial charge in [0.05, 0.1) is 6.61 Å². The molecule has 4 N–H and O–H groups in total. The van der Waals surface area contributed by atoms with E-state index in [2.05, 4.69) is 38.2 Å². The van der Waals surface area contributed by atoms with Gasteiger partial charge >= 0.3 is 11.9 Å². The number of hydrogen-bond acceptors (Lipinski definition) is 11. The van der Waals surface area contributed by atoms with Gasteiger partial charge in [-0.15, -0.1) is 0 Å². The fraction of sp³-hybridized carbons (Fsp3) is 0.838. The minimum Gasteiger partial charge on any atom is -0.462 e. The molecule has 12 nitrogen and oxygen atoms in total. The van der Waals surface area contributed by atoms with Gasteiger partial charge in [0.15, 0.2) is 12.4 Å². The monoisotopic (exact) mass is 734 g/mol. The van der Waals surface area contributed by atoms with E-state index >= 15 is 0 Å². The Bertz CT molecular complexity index is 1050. The number of carbonyl (C=O) groups is 2. The van der Waals surface area contributed by atoms with Gasteiger partial charge in [-0.1, -0.05) is 115 Å². The van der Waals surface area contributed by atoms with Crippen molar-refractivity contribution >= 4 is 22.1 Å². The minimum atomic E-state index is -4.59. The number of aliphatic hydroxyl groups is 3. The second kappa shape index (κ2) is 28.7.